The zero-order valence-corrected chi connectivity index (χ0v) is 8.69. The third-order valence-electron chi connectivity index (χ3n) is 2.18. The summed E-state index contributed by atoms with van der Waals surface area (Å²) in [4.78, 5) is 11.0. The van der Waals surface area contributed by atoms with E-state index in [0.717, 1.165) is 18.4 Å². The lowest BCUT2D eigenvalue weighted by Gasteiger charge is -2.06. The van der Waals surface area contributed by atoms with Crippen LogP contribution in [0.2, 0.25) is 0 Å². The Hall–Kier alpha value is -0.820. The maximum atomic E-state index is 11.0. The molecule has 0 N–H and O–H groups in total. The highest BCUT2D eigenvalue weighted by atomic mass is 35.5. The normalized spacial score (nSPS) is 10.1. The van der Waals surface area contributed by atoms with Gasteiger partial charge >= 0.3 is 0 Å². The number of rotatable bonds is 3. The molecule has 1 nitrogen and oxygen atoms in total. The standard InChI is InChI=1S/C11H13ClO/c1-3-5-9-6-4-7-10(8(9)2)11(12)13/h4,6-7H,3,5H2,1-2H3. The zero-order valence-electron chi connectivity index (χ0n) is 7.93. The third-order valence-corrected chi connectivity index (χ3v) is 2.38. The fourth-order valence-corrected chi connectivity index (χ4v) is 1.64. The molecule has 2 heteroatoms. The van der Waals surface area contributed by atoms with Gasteiger partial charge in [0, 0.05) is 5.56 Å². The van der Waals surface area contributed by atoms with E-state index >= 15 is 0 Å². The Morgan fingerprint density at radius 3 is 2.69 bits per heavy atom. The number of carbonyl (C=O) groups excluding carboxylic acids is 1. The van der Waals surface area contributed by atoms with Gasteiger partial charge < -0.3 is 0 Å². The molecule has 1 aromatic rings. The van der Waals surface area contributed by atoms with E-state index in [-0.39, 0.29) is 5.24 Å². The molecule has 0 aliphatic heterocycles. The predicted octanol–water partition coefficient (Wildman–Crippen LogP) is 3.33. The van der Waals surface area contributed by atoms with Crippen LogP contribution in [0.4, 0.5) is 0 Å². The fourth-order valence-electron chi connectivity index (χ4n) is 1.44. The summed E-state index contributed by atoms with van der Waals surface area (Å²) >= 11 is 5.44. The zero-order chi connectivity index (χ0) is 9.84. The Kier molecular flexibility index (Phi) is 3.49. The molecule has 0 fully saturated rings. The van der Waals surface area contributed by atoms with Crippen molar-refractivity contribution in [3.63, 3.8) is 0 Å². The van der Waals surface area contributed by atoms with E-state index < -0.39 is 0 Å². The van der Waals surface area contributed by atoms with Crippen LogP contribution in [0.25, 0.3) is 0 Å². The lowest BCUT2D eigenvalue weighted by Crippen LogP contribution is -1.97. The summed E-state index contributed by atoms with van der Waals surface area (Å²) in [6, 6.07) is 5.69. The molecule has 0 aliphatic carbocycles. The van der Waals surface area contributed by atoms with Gasteiger partial charge in [-0.05, 0) is 42.1 Å². The second-order valence-corrected chi connectivity index (χ2v) is 3.46. The van der Waals surface area contributed by atoms with Crippen LogP contribution >= 0.6 is 11.6 Å². The van der Waals surface area contributed by atoms with E-state index in [0.29, 0.717) is 5.56 Å². The molecule has 0 aliphatic rings. The maximum Gasteiger partial charge on any atom is 0.252 e. The molecule has 0 spiro atoms. The summed E-state index contributed by atoms with van der Waals surface area (Å²) in [5, 5.41) is -0.365. The average molecular weight is 197 g/mol. The highest BCUT2D eigenvalue weighted by Crippen LogP contribution is 2.16. The van der Waals surface area contributed by atoms with Gasteiger partial charge in [-0.3, -0.25) is 4.79 Å². The maximum absolute atomic E-state index is 11.0. The molecular formula is C11H13ClO. The van der Waals surface area contributed by atoms with Gasteiger partial charge in [0.2, 0.25) is 0 Å². The van der Waals surface area contributed by atoms with Gasteiger partial charge in [-0.25, -0.2) is 0 Å². The molecule has 0 atom stereocenters. The average Bonchev–Trinajstić information content (AvgIpc) is 2.08. The molecule has 0 amide bonds. The first-order chi connectivity index (χ1) is 6.16. The van der Waals surface area contributed by atoms with E-state index in [9.17, 15) is 4.79 Å². The van der Waals surface area contributed by atoms with Crippen LogP contribution in [0.15, 0.2) is 18.2 Å². The minimum atomic E-state index is -0.365. The summed E-state index contributed by atoms with van der Waals surface area (Å²) in [6.45, 7) is 4.06. The van der Waals surface area contributed by atoms with Crippen molar-refractivity contribution >= 4 is 16.8 Å². The molecule has 1 aromatic carbocycles. The van der Waals surface area contributed by atoms with Gasteiger partial charge in [-0.15, -0.1) is 0 Å². The molecular weight excluding hydrogens is 184 g/mol. The first-order valence-electron chi connectivity index (χ1n) is 4.45. The largest absolute Gasteiger partial charge is 0.276 e. The summed E-state index contributed by atoms with van der Waals surface area (Å²) < 4.78 is 0. The fraction of sp³-hybridized carbons (Fsp3) is 0.364. The van der Waals surface area contributed by atoms with Crippen LogP contribution < -0.4 is 0 Å². The van der Waals surface area contributed by atoms with Crippen molar-refractivity contribution in [1.29, 1.82) is 0 Å². The minimum absolute atomic E-state index is 0.365. The minimum Gasteiger partial charge on any atom is -0.276 e. The van der Waals surface area contributed by atoms with Crippen molar-refractivity contribution in [2.75, 3.05) is 0 Å². The molecule has 70 valence electrons. The van der Waals surface area contributed by atoms with Gasteiger partial charge in [-0.1, -0.05) is 25.5 Å². The molecule has 0 aromatic heterocycles. The quantitative estimate of drug-likeness (QED) is 0.678. The summed E-state index contributed by atoms with van der Waals surface area (Å²) in [5.74, 6) is 0. The van der Waals surface area contributed by atoms with Crippen molar-refractivity contribution < 1.29 is 4.79 Å². The topological polar surface area (TPSA) is 17.1 Å². The molecule has 1 rings (SSSR count). The van der Waals surface area contributed by atoms with E-state index in [1.807, 2.05) is 19.1 Å². The van der Waals surface area contributed by atoms with Crippen molar-refractivity contribution in [2.45, 2.75) is 26.7 Å². The van der Waals surface area contributed by atoms with Crippen molar-refractivity contribution in [3.8, 4) is 0 Å². The number of hydrogen-bond donors (Lipinski definition) is 0. The molecule has 0 unspecified atom stereocenters. The van der Waals surface area contributed by atoms with E-state index in [4.69, 9.17) is 11.6 Å². The number of benzene rings is 1. The van der Waals surface area contributed by atoms with Gasteiger partial charge in [0.25, 0.3) is 5.24 Å². The Labute approximate surface area is 83.7 Å². The summed E-state index contributed by atoms with van der Waals surface area (Å²) in [7, 11) is 0. The van der Waals surface area contributed by atoms with Gasteiger partial charge in [0.05, 0.1) is 0 Å². The van der Waals surface area contributed by atoms with Crippen molar-refractivity contribution in [3.05, 3.63) is 34.9 Å². The smallest absolute Gasteiger partial charge is 0.252 e. The van der Waals surface area contributed by atoms with Crippen LogP contribution in [0.3, 0.4) is 0 Å². The molecule has 0 saturated heterocycles. The van der Waals surface area contributed by atoms with Gasteiger partial charge in [0.1, 0.15) is 0 Å². The van der Waals surface area contributed by atoms with Crippen molar-refractivity contribution in [1.82, 2.24) is 0 Å². The van der Waals surface area contributed by atoms with Gasteiger partial charge in [-0.2, -0.15) is 0 Å². The second-order valence-electron chi connectivity index (χ2n) is 3.11. The highest BCUT2D eigenvalue weighted by molar-refractivity contribution is 6.67. The monoisotopic (exact) mass is 196 g/mol. The Balaban J connectivity index is 3.10. The Morgan fingerprint density at radius 2 is 2.15 bits per heavy atom. The first kappa shape index (κ1) is 10.3. The van der Waals surface area contributed by atoms with Crippen molar-refractivity contribution in [2.24, 2.45) is 0 Å². The number of carbonyl (C=O) groups is 1. The Bertz CT molecular complexity index is 318. The highest BCUT2D eigenvalue weighted by Gasteiger charge is 2.07. The molecule has 0 radical (unpaired) electrons. The van der Waals surface area contributed by atoms with Crippen LogP contribution in [0.1, 0.15) is 34.8 Å². The van der Waals surface area contributed by atoms with Crippen LogP contribution in [0, 0.1) is 6.92 Å². The summed E-state index contributed by atoms with van der Waals surface area (Å²) in [6.07, 6.45) is 2.09. The third kappa shape index (κ3) is 2.31. The van der Waals surface area contributed by atoms with E-state index in [1.165, 1.54) is 5.56 Å². The number of hydrogen-bond acceptors (Lipinski definition) is 1. The van der Waals surface area contributed by atoms with E-state index in [1.54, 1.807) is 6.07 Å². The number of aryl methyl sites for hydroxylation is 1. The summed E-state index contributed by atoms with van der Waals surface area (Å²) in [5.41, 5.74) is 2.87. The number of halogens is 1. The Morgan fingerprint density at radius 1 is 1.46 bits per heavy atom. The molecule has 13 heavy (non-hydrogen) atoms. The van der Waals surface area contributed by atoms with E-state index in [2.05, 4.69) is 6.92 Å². The SMILES string of the molecule is CCCc1cccc(C(=O)Cl)c1C. The predicted molar refractivity (Wildman–Crippen MR) is 55.4 cm³/mol. The van der Waals surface area contributed by atoms with Crippen LogP contribution in [0.5, 0.6) is 0 Å². The van der Waals surface area contributed by atoms with Crippen LogP contribution in [-0.4, -0.2) is 5.24 Å². The second kappa shape index (κ2) is 4.43. The molecule has 0 saturated carbocycles. The molecule has 0 bridgehead atoms. The lowest BCUT2D eigenvalue weighted by atomic mass is 10.00. The van der Waals surface area contributed by atoms with Crippen LogP contribution in [-0.2, 0) is 6.42 Å². The molecule has 0 heterocycles. The first-order valence-corrected chi connectivity index (χ1v) is 4.83. The van der Waals surface area contributed by atoms with Gasteiger partial charge in [0.15, 0.2) is 0 Å². The lowest BCUT2D eigenvalue weighted by molar-refractivity contribution is 0.108.